The highest BCUT2D eigenvalue weighted by Gasteiger charge is 2.26. The summed E-state index contributed by atoms with van der Waals surface area (Å²) in [6.45, 7) is 0. The monoisotopic (exact) mass is 713 g/mol. The number of rotatable bonds is 6. The van der Waals surface area contributed by atoms with E-state index < -0.39 is 0 Å². The van der Waals surface area contributed by atoms with Crippen LogP contribution in [-0.4, -0.2) is 0 Å². The Hall–Kier alpha value is -7.42. The molecule has 0 N–H and O–H groups in total. The molecule has 11 aromatic rings. The van der Waals surface area contributed by atoms with Gasteiger partial charge in [-0.2, -0.15) is 0 Å². The third-order valence-corrected chi connectivity index (χ3v) is 11.3. The summed E-state index contributed by atoms with van der Waals surface area (Å²) in [5, 5.41) is 9.46. The van der Waals surface area contributed by atoms with Crippen LogP contribution >= 0.6 is 0 Å². The van der Waals surface area contributed by atoms with Crippen LogP contribution in [0.1, 0.15) is 0 Å². The lowest BCUT2D eigenvalue weighted by molar-refractivity contribution is 0.669. The molecule has 0 unspecified atom stereocenters. The van der Waals surface area contributed by atoms with Gasteiger partial charge in [0.15, 0.2) is 0 Å². The van der Waals surface area contributed by atoms with Gasteiger partial charge in [-0.15, -0.1) is 0 Å². The third-order valence-electron chi connectivity index (χ3n) is 11.3. The zero-order valence-corrected chi connectivity index (χ0v) is 30.6. The highest BCUT2D eigenvalue weighted by Crippen LogP contribution is 2.51. The molecule has 262 valence electrons. The van der Waals surface area contributed by atoms with Gasteiger partial charge in [-0.05, 0) is 97.2 Å². The summed E-state index contributed by atoms with van der Waals surface area (Å²) < 4.78 is 6.64. The molecule has 0 bridgehead atoms. The van der Waals surface area contributed by atoms with E-state index in [1.54, 1.807) is 0 Å². The number of nitrogens with zero attached hydrogens (tertiary/aromatic N) is 1. The molecule has 56 heavy (non-hydrogen) atoms. The fourth-order valence-corrected chi connectivity index (χ4v) is 8.71. The maximum absolute atomic E-state index is 6.64. The summed E-state index contributed by atoms with van der Waals surface area (Å²) in [4.78, 5) is 2.46. The zero-order valence-electron chi connectivity index (χ0n) is 30.6. The smallest absolute Gasteiger partial charge is 0.136 e. The third kappa shape index (κ3) is 5.19. The number of furan rings is 1. The molecule has 10 aromatic carbocycles. The first-order chi connectivity index (χ1) is 27.8. The van der Waals surface area contributed by atoms with Crippen molar-refractivity contribution in [2.45, 2.75) is 0 Å². The molecule has 0 radical (unpaired) electrons. The van der Waals surface area contributed by atoms with E-state index in [1.807, 2.05) is 0 Å². The second-order valence-corrected chi connectivity index (χ2v) is 14.4. The number of hydrogen-bond acceptors (Lipinski definition) is 2. The number of anilines is 3. The topological polar surface area (TPSA) is 16.4 Å². The van der Waals surface area contributed by atoms with E-state index in [0.29, 0.717) is 0 Å². The molecule has 0 saturated heterocycles. The standard InChI is InChI=1S/C54H35NO/c1-3-15-36(16-4-1)37-27-29-40(30-28-37)55(49-32-31-42(38-17-5-2-6-18-38)44-22-11-12-24-46(44)49)50-33-34-52-54(47-25-13-14-26-51(47)56-52)53(50)48-35-39-19-7-8-20-41(39)43-21-9-10-23-45(43)48/h1-35H. The Morgan fingerprint density at radius 3 is 1.62 bits per heavy atom. The first-order valence-corrected chi connectivity index (χ1v) is 19.2. The Balaban J connectivity index is 1.27. The fraction of sp³-hybridized carbons (Fsp3) is 0. The van der Waals surface area contributed by atoms with Crippen LogP contribution in [0.2, 0.25) is 0 Å². The molecular weight excluding hydrogens is 679 g/mol. The Bertz CT molecular complexity index is 3230. The van der Waals surface area contributed by atoms with Gasteiger partial charge in [-0.3, -0.25) is 0 Å². The van der Waals surface area contributed by atoms with E-state index in [-0.39, 0.29) is 0 Å². The van der Waals surface area contributed by atoms with Gasteiger partial charge < -0.3 is 9.32 Å². The number of benzene rings is 10. The lowest BCUT2D eigenvalue weighted by Gasteiger charge is -2.30. The Morgan fingerprint density at radius 2 is 0.875 bits per heavy atom. The van der Waals surface area contributed by atoms with Gasteiger partial charge in [0.25, 0.3) is 0 Å². The zero-order chi connectivity index (χ0) is 37.0. The van der Waals surface area contributed by atoms with Crippen LogP contribution in [0.3, 0.4) is 0 Å². The minimum absolute atomic E-state index is 0.867. The predicted molar refractivity (Wildman–Crippen MR) is 237 cm³/mol. The number of fused-ring (bicyclic) bond motifs is 7. The molecule has 0 amide bonds. The quantitative estimate of drug-likeness (QED) is 0.160. The van der Waals surface area contributed by atoms with E-state index in [1.165, 1.54) is 60.1 Å². The molecule has 2 nitrogen and oxygen atoms in total. The minimum atomic E-state index is 0.867. The van der Waals surface area contributed by atoms with Crippen molar-refractivity contribution < 1.29 is 4.42 Å². The molecule has 0 saturated carbocycles. The molecular formula is C54H35NO. The lowest BCUT2D eigenvalue weighted by atomic mass is 9.89. The number of hydrogen-bond donors (Lipinski definition) is 0. The van der Waals surface area contributed by atoms with Crippen molar-refractivity contribution >= 4 is 71.3 Å². The van der Waals surface area contributed by atoms with Crippen LogP contribution in [0.15, 0.2) is 217 Å². The van der Waals surface area contributed by atoms with E-state index >= 15 is 0 Å². The SMILES string of the molecule is c1ccc(-c2ccc(N(c3ccc4oc5ccccc5c4c3-c3cc4ccccc4c4ccccc34)c3ccc(-c4ccccc4)c4ccccc34)cc2)cc1. The maximum atomic E-state index is 6.64. The minimum Gasteiger partial charge on any atom is -0.456 e. The molecule has 0 aliphatic heterocycles. The highest BCUT2D eigenvalue weighted by atomic mass is 16.3. The van der Waals surface area contributed by atoms with Crippen molar-refractivity contribution in [1.82, 2.24) is 0 Å². The van der Waals surface area contributed by atoms with Gasteiger partial charge in [0.05, 0.1) is 11.4 Å². The van der Waals surface area contributed by atoms with Gasteiger partial charge in [-0.25, -0.2) is 0 Å². The molecule has 2 heteroatoms. The Kier molecular flexibility index (Phi) is 7.53. The molecule has 1 aromatic heterocycles. The molecule has 0 spiro atoms. The summed E-state index contributed by atoms with van der Waals surface area (Å²) >= 11 is 0. The van der Waals surface area contributed by atoms with Crippen molar-refractivity contribution in [2.75, 3.05) is 4.90 Å². The van der Waals surface area contributed by atoms with Crippen LogP contribution in [0.25, 0.3) is 87.6 Å². The number of para-hydroxylation sites is 1. The van der Waals surface area contributed by atoms with E-state index in [9.17, 15) is 0 Å². The summed E-state index contributed by atoms with van der Waals surface area (Å²) in [6.07, 6.45) is 0. The van der Waals surface area contributed by atoms with Gasteiger partial charge in [-0.1, -0.05) is 170 Å². The van der Waals surface area contributed by atoms with Gasteiger partial charge >= 0.3 is 0 Å². The molecule has 0 aliphatic rings. The van der Waals surface area contributed by atoms with Gasteiger partial charge in [0.2, 0.25) is 0 Å². The first kappa shape index (κ1) is 32.0. The van der Waals surface area contributed by atoms with Crippen molar-refractivity contribution in [3.8, 4) is 33.4 Å². The van der Waals surface area contributed by atoms with Crippen molar-refractivity contribution in [3.63, 3.8) is 0 Å². The predicted octanol–water partition coefficient (Wildman–Crippen LogP) is 15.5. The van der Waals surface area contributed by atoms with Crippen molar-refractivity contribution in [3.05, 3.63) is 212 Å². The highest BCUT2D eigenvalue weighted by molar-refractivity contribution is 6.23. The Labute approximate surface area is 325 Å². The Morgan fingerprint density at radius 1 is 0.321 bits per heavy atom. The van der Waals surface area contributed by atoms with E-state index in [0.717, 1.165) is 44.6 Å². The van der Waals surface area contributed by atoms with E-state index in [2.05, 4.69) is 217 Å². The average Bonchev–Trinajstić information content (AvgIpc) is 3.66. The lowest BCUT2D eigenvalue weighted by Crippen LogP contribution is -2.12. The molecule has 11 rings (SSSR count). The fourth-order valence-electron chi connectivity index (χ4n) is 8.71. The van der Waals surface area contributed by atoms with Crippen LogP contribution < -0.4 is 4.90 Å². The van der Waals surface area contributed by atoms with Crippen LogP contribution in [-0.2, 0) is 0 Å². The summed E-state index contributed by atoms with van der Waals surface area (Å²) in [5.41, 5.74) is 12.1. The maximum Gasteiger partial charge on any atom is 0.136 e. The summed E-state index contributed by atoms with van der Waals surface area (Å²) in [5.74, 6) is 0. The molecule has 0 atom stereocenters. The molecule has 0 aliphatic carbocycles. The average molecular weight is 714 g/mol. The van der Waals surface area contributed by atoms with Gasteiger partial charge in [0, 0.05) is 27.4 Å². The summed E-state index contributed by atoms with van der Waals surface area (Å²) in [6, 6.07) is 76.5. The van der Waals surface area contributed by atoms with Gasteiger partial charge in [0.1, 0.15) is 11.2 Å². The first-order valence-electron chi connectivity index (χ1n) is 19.2. The largest absolute Gasteiger partial charge is 0.456 e. The normalized spacial score (nSPS) is 11.6. The molecule has 0 fully saturated rings. The van der Waals surface area contributed by atoms with Crippen molar-refractivity contribution in [1.29, 1.82) is 0 Å². The van der Waals surface area contributed by atoms with Crippen molar-refractivity contribution in [2.24, 2.45) is 0 Å². The second-order valence-electron chi connectivity index (χ2n) is 14.4. The summed E-state index contributed by atoms with van der Waals surface area (Å²) in [7, 11) is 0. The second kappa shape index (κ2) is 13.2. The molecule has 1 heterocycles. The van der Waals surface area contributed by atoms with Crippen LogP contribution in [0.5, 0.6) is 0 Å². The van der Waals surface area contributed by atoms with Crippen LogP contribution in [0.4, 0.5) is 17.1 Å². The van der Waals surface area contributed by atoms with Crippen LogP contribution in [0, 0.1) is 0 Å². The van der Waals surface area contributed by atoms with E-state index in [4.69, 9.17) is 4.42 Å².